The summed E-state index contributed by atoms with van der Waals surface area (Å²) in [4.78, 5) is 8.53. The van der Waals surface area contributed by atoms with Gasteiger partial charge in [0.25, 0.3) is 0 Å². The van der Waals surface area contributed by atoms with Gasteiger partial charge < -0.3 is 15.4 Å². The van der Waals surface area contributed by atoms with Crippen LogP contribution in [-0.4, -0.2) is 17.1 Å². The fourth-order valence-corrected chi connectivity index (χ4v) is 2.31. The highest BCUT2D eigenvalue weighted by molar-refractivity contribution is 5.67. The van der Waals surface area contributed by atoms with Crippen molar-refractivity contribution in [3.8, 4) is 5.75 Å². The number of anilines is 4. The molecule has 0 unspecified atom stereocenters. The molecule has 2 aromatic carbocycles. The normalized spacial score (nSPS) is 10.4. The molecule has 0 saturated carbocycles. The van der Waals surface area contributed by atoms with Crippen LogP contribution in [0.15, 0.2) is 48.5 Å². The van der Waals surface area contributed by atoms with E-state index >= 15 is 0 Å². The molecular formula is C18H16F2N4O. The smallest absolute Gasteiger partial charge is 0.149 e. The number of aromatic nitrogens is 2. The van der Waals surface area contributed by atoms with Crippen molar-refractivity contribution >= 4 is 23.0 Å². The van der Waals surface area contributed by atoms with Crippen molar-refractivity contribution in [2.75, 3.05) is 17.7 Å². The van der Waals surface area contributed by atoms with Crippen molar-refractivity contribution in [2.45, 2.75) is 6.92 Å². The van der Waals surface area contributed by atoms with Gasteiger partial charge in [-0.25, -0.2) is 18.7 Å². The molecule has 2 N–H and O–H groups in total. The molecule has 7 heteroatoms. The maximum absolute atomic E-state index is 13.8. The van der Waals surface area contributed by atoms with Crippen molar-refractivity contribution in [3.05, 3.63) is 66.0 Å². The maximum Gasteiger partial charge on any atom is 0.149 e. The lowest BCUT2D eigenvalue weighted by molar-refractivity contribution is 0.417. The van der Waals surface area contributed by atoms with Gasteiger partial charge >= 0.3 is 0 Å². The van der Waals surface area contributed by atoms with Gasteiger partial charge in [-0.15, -0.1) is 0 Å². The molecule has 1 heterocycles. The van der Waals surface area contributed by atoms with E-state index < -0.39 is 11.6 Å². The third-order valence-electron chi connectivity index (χ3n) is 3.40. The second kappa shape index (κ2) is 7.12. The van der Waals surface area contributed by atoms with Crippen molar-refractivity contribution in [2.24, 2.45) is 0 Å². The van der Waals surface area contributed by atoms with E-state index in [-0.39, 0.29) is 5.69 Å². The molecule has 0 amide bonds. The summed E-state index contributed by atoms with van der Waals surface area (Å²) in [6.07, 6.45) is 0. The van der Waals surface area contributed by atoms with Crippen molar-refractivity contribution < 1.29 is 13.5 Å². The molecule has 0 aliphatic carbocycles. The zero-order chi connectivity index (χ0) is 17.8. The molecule has 0 aliphatic heterocycles. The highest BCUT2D eigenvalue weighted by Gasteiger charge is 2.09. The Morgan fingerprint density at radius 1 is 0.880 bits per heavy atom. The zero-order valence-electron chi connectivity index (χ0n) is 13.7. The molecule has 0 spiro atoms. The molecule has 25 heavy (non-hydrogen) atoms. The van der Waals surface area contributed by atoms with Crippen LogP contribution in [0.2, 0.25) is 0 Å². The number of hydrogen-bond donors (Lipinski definition) is 2. The Morgan fingerprint density at radius 3 is 2.24 bits per heavy atom. The molecule has 3 rings (SSSR count). The van der Waals surface area contributed by atoms with Gasteiger partial charge in [-0.2, -0.15) is 0 Å². The number of halogens is 2. The Kier molecular flexibility index (Phi) is 4.74. The minimum atomic E-state index is -0.699. The summed E-state index contributed by atoms with van der Waals surface area (Å²) in [5, 5.41) is 5.98. The van der Waals surface area contributed by atoms with Gasteiger partial charge in [0.15, 0.2) is 0 Å². The number of ether oxygens (including phenoxy) is 1. The maximum atomic E-state index is 13.8. The summed E-state index contributed by atoms with van der Waals surface area (Å²) >= 11 is 0. The summed E-state index contributed by atoms with van der Waals surface area (Å²) < 4.78 is 32.1. The highest BCUT2D eigenvalue weighted by Crippen LogP contribution is 2.27. The van der Waals surface area contributed by atoms with E-state index in [0.717, 1.165) is 11.8 Å². The number of methoxy groups -OCH3 is 1. The highest BCUT2D eigenvalue weighted by atomic mass is 19.1. The fraction of sp³-hybridized carbons (Fsp3) is 0.111. The number of para-hydroxylation sites is 2. The topological polar surface area (TPSA) is 59.1 Å². The Labute approximate surface area is 143 Å². The lowest BCUT2D eigenvalue weighted by Crippen LogP contribution is -2.03. The fourth-order valence-electron chi connectivity index (χ4n) is 2.31. The van der Waals surface area contributed by atoms with Crippen LogP contribution >= 0.6 is 0 Å². The summed E-state index contributed by atoms with van der Waals surface area (Å²) in [5.74, 6) is 0.719. The van der Waals surface area contributed by atoms with Gasteiger partial charge in [-0.05, 0) is 31.2 Å². The van der Waals surface area contributed by atoms with Gasteiger partial charge in [-0.3, -0.25) is 0 Å². The second-order valence-corrected chi connectivity index (χ2v) is 5.26. The number of nitrogens with one attached hydrogen (secondary N) is 2. The average Bonchev–Trinajstić information content (AvgIpc) is 2.57. The minimum Gasteiger partial charge on any atom is -0.495 e. The number of hydrogen-bond acceptors (Lipinski definition) is 5. The lowest BCUT2D eigenvalue weighted by atomic mass is 10.3. The van der Waals surface area contributed by atoms with E-state index in [1.54, 1.807) is 20.1 Å². The van der Waals surface area contributed by atoms with Crippen LogP contribution in [0.4, 0.5) is 31.8 Å². The molecule has 3 aromatic rings. The van der Waals surface area contributed by atoms with E-state index in [9.17, 15) is 8.78 Å². The first kappa shape index (κ1) is 16.6. The summed E-state index contributed by atoms with van der Waals surface area (Å²) in [6.45, 7) is 1.72. The van der Waals surface area contributed by atoms with Gasteiger partial charge in [0.2, 0.25) is 0 Å². The number of benzene rings is 2. The Balaban J connectivity index is 1.87. The largest absolute Gasteiger partial charge is 0.495 e. The Hall–Kier alpha value is -3.22. The molecule has 0 saturated heterocycles. The van der Waals surface area contributed by atoms with Crippen LogP contribution in [0.25, 0.3) is 0 Å². The monoisotopic (exact) mass is 342 g/mol. The van der Waals surface area contributed by atoms with Crippen LogP contribution < -0.4 is 15.4 Å². The summed E-state index contributed by atoms with van der Waals surface area (Å²) in [7, 11) is 1.58. The first-order chi connectivity index (χ1) is 12.0. The number of nitrogens with zero attached hydrogens (tertiary/aromatic N) is 2. The van der Waals surface area contributed by atoms with Crippen molar-refractivity contribution in [1.29, 1.82) is 0 Å². The Bertz CT molecular complexity index is 902. The van der Waals surface area contributed by atoms with E-state index in [1.165, 1.54) is 12.1 Å². The molecule has 1 aromatic heterocycles. The standard InChI is InChI=1S/C18H16F2N4O/c1-11-21-17(23-14-8-7-12(19)9-13(14)20)10-18(22-11)24-15-5-3-4-6-16(15)25-2/h3-10H,1-2H3,(H2,21,22,23,24). The molecule has 128 valence electrons. The lowest BCUT2D eigenvalue weighted by Gasteiger charge is -2.12. The number of rotatable bonds is 5. The molecule has 0 radical (unpaired) electrons. The van der Waals surface area contributed by atoms with Gasteiger partial charge in [0.05, 0.1) is 18.5 Å². The Morgan fingerprint density at radius 2 is 1.56 bits per heavy atom. The summed E-state index contributed by atoms with van der Waals surface area (Å²) in [5.41, 5.74) is 0.866. The first-order valence-electron chi connectivity index (χ1n) is 7.53. The van der Waals surface area contributed by atoms with Crippen molar-refractivity contribution in [3.63, 3.8) is 0 Å². The predicted octanol–water partition coefficient (Wildman–Crippen LogP) is 4.56. The van der Waals surface area contributed by atoms with E-state index in [1.807, 2.05) is 24.3 Å². The van der Waals surface area contributed by atoms with E-state index in [2.05, 4.69) is 20.6 Å². The van der Waals surface area contributed by atoms with E-state index in [4.69, 9.17) is 4.74 Å². The second-order valence-electron chi connectivity index (χ2n) is 5.26. The molecule has 0 atom stereocenters. The van der Waals surface area contributed by atoms with Crippen LogP contribution in [0.1, 0.15) is 5.82 Å². The predicted molar refractivity (Wildman–Crippen MR) is 92.7 cm³/mol. The zero-order valence-corrected chi connectivity index (χ0v) is 13.7. The van der Waals surface area contributed by atoms with E-state index in [0.29, 0.717) is 23.2 Å². The van der Waals surface area contributed by atoms with Gasteiger partial charge in [-0.1, -0.05) is 12.1 Å². The van der Waals surface area contributed by atoms with Gasteiger partial charge in [0.1, 0.15) is 34.8 Å². The summed E-state index contributed by atoms with van der Waals surface area (Å²) in [6, 6.07) is 12.3. The quantitative estimate of drug-likeness (QED) is 0.712. The molecule has 0 aliphatic rings. The van der Waals surface area contributed by atoms with Crippen molar-refractivity contribution in [1.82, 2.24) is 9.97 Å². The molecule has 5 nitrogen and oxygen atoms in total. The van der Waals surface area contributed by atoms with Crippen LogP contribution in [-0.2, 0) is 0 Å². The molecular weight excluding hydrogens is 326 g/mol. The molecule has 0 bridgehead atoms. The van der Waals surface area contributed by atoms with Gasteiger partial charge in [0, 0.05) is 12.1 Å². The van der Waals surface area contributed by atoms with Crippen LogP contribution in [0.5, 0.6) is 5.75 Å². The number of aryl methyl sites for hydroxylation is 1. The third-order valence-corrected chi connectivity index (χ3v) is 3.40. The average molecular weight is 342 g/mol. The first-order valence-corrected chi connectivity index (χ1v) is 7.53. The molecule has 0 fully saturated rings. The van der Waals surface area contributed by atoms with Crippen LogP contribution in [0, 0.1) is 18.6 Å². The minimum absolute atomic E-state index is 0.128. The van der Waals surface area contributed by atoms with Crippen LogP contribution in [0.3, 0.4) is 0 Å². The SMILES string of the molecule is COc1ccccc1Nc1cc(Nc2ccc(F)cc2F)nc(C)n1. The third kappa shape index (κ3) is 4.00.